The van der Waals surface area contributed by atoms with Gasteiger partial charge in [-0.25, -0.2) is 9.18 Å². The van der Waals surface area contributed by atoms with Gasteiger partial charge in [0.1, 0.15) is 11.9 Å². The van der Waals surface area contributed by atoms with Crippen molar-refractivity contribution in [2.24, 2.45) is 0 Å². The number of esters is 1. The van der Waals surface area contributed by atoms with Crippen LogP contribution in [0.1, 0.15) is 50.4 Å². The van der Waals surface area contributed by atoms with Gasteiger partial charge in [-0.05, 0) is 51.8 Å². The van der Waals surface area contributed by atoms with Crippen LogP contribution >= 0.6 is 0 Å². The van der Waals surface area contributed by atoms with Gasteiger partial charge in [0.2, 0.25) is 0 Å². The molecule has 1 heterocycles. The molecule has 1 aromatic rings. The van der Waals surface area contributed by atoms with Crippen LogP contribution in [0, 0.1) is 5.82 Å². The van der Waals surface area contributed by atoms with E-state index in [1.807, 2.05) is 6.92 Å². The summed E-state index contributed by atoms with van der Waals surface area (Å²) >= 11 is 0. The fraction of sp³-hybridized carbons (Fsp3) is 0.588. The summed E-state index contributed by atoms with van der Waals surface area (Å²) < 4.78 is 18.6. The third-order valence-electron chi connectivity index (χ3n) is 4.21. The summed E-state index contributed by atoms with van der Waals surface area (Å²) in [4.78, 5) is 14.4. The summed E-state index contributed by atoms with van der Waals surface area (Å²) in [6.45, 7) is 7.06. The maximum Gasteiger partial charge on any atom is 0.338 e. The Hall–Kier alpha value is -1.42. The minimum atomic E-state index is -0.459. The molecule has 0 radical (unpaired) electrons. The third kappa shape index (κ3) is 4.27. The van der Waals surface area contributed by atoms with E-state index in [0.29, 0.717) is 12.1 Å². The molecule has 1 aromatic carbocycles. The quantitative estimate of drug-likeness (QED) is 0.794. The highest BCUT2D eigenvalue weighted by atomic mass is 19.1. The first-order valence-corrected chi connectivity index (χ1v) is 7.69. The highest BCUT2D eigenvalue weighted by Crippen LogP contribution is 2.23. The minimum absolute atomic E-state index is 0.205. The van der Waals surface area contributed by atoms with Crippen LogP contribution in [0.5, 0.6) is 0 Å². The smallest absolute Gasteiger partial charge is 0.338 e. The number of hydrogen-bond donors (Lipinski definition) is 0. The third-order valence-corrected chi connectivity index (χ3v) is 4.21. The zero-order chi connectivity index (χ0) is 15.4. The van der Waals surface area contributed by atoms with Gasteiger partial charge < -0.3 is 4.74 Å². The Balaban J connectivity index is 1.92. The van der Waals surface area contributed by atoms with Crippen molar-refractivity contribution in [2.75, 3.05) is 6.54 Å². The molecule has 116 valence electrons. The lowest BCUT2D eigenvalue weighted by Crippen LogP contribution is -2.47. The molecule has 0 N–H and O–H groups in total. The van der Waals surface area contributed by atoms with Crippen LogP contribution in [0.4, 0.5) is 4.39 Å². The molecule has 1 aliphatic rings. The van der Waals surface area contributed by atoms with Gasteiger partial charge in [0, 0.05) is 18.6 Å². The van der Waals surface area contributed by atoms with Crippen LogP contribution in [-0.4, -0.2) is 35.6 Å². The Morgan fingerprint density at radius 3 is 2.67 bits per heavy atom. The van der Waals surface area contributed by atoms with E-state index in [-0.39, 0.29) is 11.7 Å². The predicted molar refractivity (Wildman–Crippen MR) is 80.8 cm³/mol. The lowest BCUT2D eigenvalue weighted by Gasteiger charge is -2.40. The van der Waals surface area contributed by atoms with Gasteiger partial charge in [-0.3, -0.25) is 4.90 Å². The number of hydrogen-bond acceptors (Lipinski definition) is 3. The molecule has 0 saturated carbocycles. The van der Waals surface area contributed by atoms with E-state index in [4.69, 9.17) is 4.74 Å². The molecule has 2 rings (SSSR count). The Kier molecular flexibility index (Phi) is 5.34. The molecule has 0 bridgehead atoms. The summed E-state index contributed by atoms with van der Waals surface area (Å²) in [5.74, 6) is -0.880. The predicted octanol–water partition coefficient (Wildman–Crippen LogP) is 3.63. The van der Waals surface area contributed by atoms with Crippen LogP contribution in [0.3, 0.4) is 0 Å². The molecule has 0 spiro atoms. The molecule has 1 aliphatic heterocycles. The average molecular weight is 293 g/mol. The first-order chi connectivity index (χ1) is 9.97. The minimum Gasteiger partial charge on any atom is -0.458 e. The Bertz CT molecular complexity index is 481. The topological polar surface area (TPSA) is 29.5 Å². The SMILES string of the molecule is C[C@H](CN1[C@H](C)CCC[C@H]1C)OC(=O)c1cccc(F)c1. The Labute approximate surface area is 126 Å². The average Bonchev–Trinajstić information content (AvgIpc) is 2.43. The Morgan fingerprint density at radius 1 is 1.38 bits per heavy atom. The van der Waals surface area contributed by atoms with Gasteiger partial charge in [-0.15, -0.1) is 0 Å². The van der Waals surface area contributed by atoms with Crippen molar-refractivity contribution in [3.05, 3.63) is 35.6 Å². The van der Waals surface area contributed by atoms with Crippen molar-refractivity contribution in [2.45, 2.75) is 58.2 Å². The van der Waals surface area contributed by atoms with Crippen molar-refractivity contribution < 1.29 is 13.9 Å². The van der Waals surface area contributed by atoms with E-state index in [1.54, 1.807) is 6.07 Å². The number of halogens is 1. The monoisotopic (exact) mass is 293 g/mol. The van der Waals surface area contributed by atoms with E-state index in [0.717, 1.165) is 6.54 Å². The van der Waals surface area contributed by atoms with Gasteiger partial charge >= 0.3 is 5.97 Å². The molecule has 4 heteroatoms. The number of carbonyl (C=O) groups excluding carboxylic acids is 1. The standard InChI is InChI=1S/C17H24FNO2/c1-12-6-4-7-13(2)19(12)11-14(3)21-17(20)15-8-5-9-16(18)10-15/h5,8-10,12-14H,4,6-7,11H2,1-3H3/t12-,13-,14-/m1/s1. The van der Waals surface area contributed by atoms with Crippen molar-refractivity contribution >= 4 is 5.97 Å². The van der Waals surface area contributed by atoms with E-state index >= 15 is 0 Å². The van der Waals surface area contributed by atoms with Crippen molar-refractivity contribution in [1.82, 2.24) is 4.90 Å². The fourth-order valence-corrected chi connectivity index (χ4v) is 3.04. The second-order valence-electron chi connectivity index (χ2n) is 6.05. The van der Waals surface area contributed by atoms with E-state index < -0.39 is 11.8 Å². The molecule has 3 atom stereocenters. The van der Waals surface area contributed by atoms with Gasteiger partial charge in [-0.2, -0.15) is 0 Å². The summed E-state index contributed by atoms with van der Waals surface area (Å²) in [5, 5.41) is 0. The summed E-state index contributed by atoms with van der Waals surface area (Å²) in [5.41, 5.74) is 0.265. The fourth-order valence-electron chi connectivity index (χ4n) is 3.04. The molecule has 0 aromatic heterocycles. The molecule has 3 nitrogen and oxygen atoms in total. The van der Waals surface area contributed by atoms with Crippen LogP contribution in [0.2, 0.25) is 0 Å². The van der Waals surface area contributed by atoms with Gasteiger partial charge in [0.05, 0.1) is 5.56 Å². The Morgan fingerprint density at radius 2 is 2.05 bits per heavy atom. The van der Waals surface area contributed by atoms with Crippen LogP contribution in [0.15, 0.2) is 24.3 Å². The van der Waals surface area contributed by atoms with E-state index in [1.165, 1.54) is 37.5 Å². The zero-order valence-corrected chi connectivity index (χ0v) is 13.0. The molecular formula is C17H24FNO2. The number of piperidine rings is 1. The van der Waals surface area contributed by atoms with E-state index in [2.05, 4.69) is 18.7 Å². The van der Waals surface area contributed by atoms with Gasteiger partial charge in [0.25, 0.3) is 0 Å². The van der Waals surface area contributed by atoms with Crippen molar-refractivity contribution in [1.29, 1.82) is 0 Å². The number of nitrogens with zero attached hydrogens (tertiary/aromatic N) is 1. The summed E-state index contributed by atoms with van der Waals surface area (Å²) in [7, 11) is 0. The first kappa shape index (κ1) is 16.0. The normalized spacial score (nSPS) is 24.6. The summed E-state index contributed by atoms with van der Waals surface area (Å²) in [6, 6.07) is 6.65. The highest BCUT2D eigenvalue weighted by molar-refractivity contribution is 5.89. The largest absolute Gasteiger partial charge is 0.458 e. The first-order valence-electron chi connectivity index (χ1n) is 7.69. The maximum absolute atomic E-state index is 13.1. The molecular weight excluding hydrogens is 269 g/mol. The molecule has 0 unspecified atom stereocenters. The van der Waals surface area contributed by atoms with Gasteiger partial charge in [-0.1, -0.05) is 12.5 Å². The second kappa shape index (κ2) is 7.03. The van der Waals surface area contributed by atoms with Crippen LogP contribution < -0.4 is 0 Å². The molecule has 0 aliphatic carbocycles. The number of benzene rings is 1. The lowest BCUT2D eigenvalue weighted by molar-refractivity contribution is 0.00808. The zero-order valence-electron chi connectivity index (χ0n) is 13.0. The van der Waals surface area contributed by atoms with Crippen molar-refractivity contribution in [3.63, 3.8) is 0 Å². The molecule has 21 heavy (non-hydrogen) atoms. The van der Waals surface area contributed by atoms with Gasteiger partial charge in [0.15, 0.2) is 0 Å². The second-order valence-corrected chi connectivity index (χ2v) is 6.05. The number of ether oxygens (including phenoxy) is 1. The van der Waals surface area contributed by atoms with Crippen molar-refractivity contribution in [3.8, 4) is 0 Å². The highest BCUT2D eigenvalue weighted by Gasteiger charge is 2.27. The number of likely N-dealkylation sites (tertiary alicyclic amines) is 1. The van der Waals surface area contributed by atoms with Crippen LogP contribution in [-0.2, 0) is 4.74 Å². The number of rotatable bonds is 4. The maximum atomic E-state index is 13.1. The lowest BCUT2D eigenvalue weighted by atomic mass is 9.97. The molecule has 0 amide bonds. The summed E-state index contributed by atoms with van der Waals surface area (Å²) in [6.07, 6.45) is 3.43. The molecule has 1 saturated heterocycles. The number of carbonyl (C=O) groups is 1. The molecule has 1 fully saturated rings. The van der Waals surface area contributed by atoms with E-state index in [9.17, 15) is 9.18 Å². The van der Waals surface area contributed by atoms with Crippen LogP contribution in [0.25, 0.3) is 0 Å².